The minimum Gasteiger partial charge on any atom is -0.387 e. The summed E-state index contributed by atoms with van der Waals surface area (Å²) in [6.07, 6.45) is 6.31. The van der Waals surface area contributed by atoms with Crippen LogP contribution in [0.5, 0.6) is 0 Å². The van der Waals surface area contributed by atoms with Crippen LogP contribution in [0.25, 0.3) is 0 Å². The number of nitrogens with one attached hydrogen (secondary N) is 2. The lowest BCUT2D eigenvalue weighted by molar-refractivity contribution is -0.126. The van der Waals surface area contributed by atoms with Gasteiger partial charge in [0, 0.05) is 36.0 Å². The van der Waals surface area contributed by atoms with Crippen LogP contribution in [0.2, 0.25) is 5.02 Å². The summed E-state index contributed by atoms with van der Waals surface area (Å²) in [5.74, 6) is -0.238. The number of nitrogens with zero attached hydrogens (tertiary/aromatic N) is 1. The van der Waals surface area contributed by atoms with E-state index < -0.39 is 6.10 Å². The van der Waals surface area contributed by atoms with Crippen molar-refractivity contribution in [3.05, 3.63) is 46.4 Å². The maximum absolute atomic E-state index is 12.6. The predicted octanol–water partition coefficient (Wildman–Crippen LogP) is 4.32. The number of hydrogen-bond acceptors (Lipinski definition) is 5. The molecule has 0 spiro atoms. The van der Waals surface area contributed by atoms with Crippen molar-refractivity contribution in [3.8, 4) is 0 Å². The van der Waals surface area contributed by atoms with Crippen molar-refractivity contribution in [1.82, 2.24) is 10.3 Å². The standard InChI is InChI=1S/C21H26ClN3O3S/c22-16-6-4-15(5-7-16)17(26)14-24-18(27)12-21(8-2-1-3-9-21)13-19(28)25-20-23-10-11-29-20/h4-7,10-11,17,26H,1-3,8-9,12-14H2,(H,24,27)(H,23,25,28). The lowest BCUT2D eigenvalue weighted by atomic mass is 9.69. The van der Waals surface area contributed by atoms with Gasteiger partial charge in [0.25, 0.3) is 0 Å². The Kier molecular flexibility index (Phi) is 7.64. The zero-order valence-corrected chi connectivity index (χ0v) is 17.8. The van der Waals surface area contributed by atoms with E-state index in [1.54, 1.807) is 30.5 Å². The zero-order valence-electron chi connectivity index (χ0n) is 16.2. The molecule has 8 heteroatoms. The number of amides is 2. The predicted molar refractivity (Wildman–Crippen MR) is 115 cm³/mol. The third-order valence-corrected chi connectivity index (χ3v) is 6.35. The molecule has 6 nitrogen and oxygen atoms in total. The Balaban J connectivity index is 1.55. The summed E-state index contributed by atoms with van der Waals surface area (Å²) < 4.78 is 0. The Bertz CT molecular complexity index is 805. The number of benzene rings is 1. The average molecular weight is 436 g/mol. The lowest BCUT2D eigenvalue weighted by Crippen LogP contribution is -2.37. The summed E-state index contributed by atoms with van der Waals surface area (Å²) in [6.45, 7) is 0.127. The number of anilines is 1. The highest BCUT2D eigenvalue weighted by Gasteiger charge is 2.36. The molecule has 0 saturated heterocycles. The van der Waals surface area contributed by atoms with Crippen molar-refractivity contribution < 1.29 is 14.7 Å². The fraction of sp³-hybridized carbons (Fsp3) is 0.476. The first-order valence-electron chi connectivity index (χ1n) is 9.85. The third kappa shape index (κ3) is 6.52. The molecule has 156 valence electrons. The first kappa shape index (κ1) is 21.7. The molecule has 1 aliphatic carbocycles. The molecule has 1 aromatic heterocycles. The fourth-order valence-electron chi connectivity index (χ4n) is 3.92. The highest BCUT2D eigenvalue weighted by atomic mass is 35.5. The van der Waals surface area contributed by atoms with Gasteiger partial charge in [-0.1, -0.05) is 43.0 Å². The Morgan fingerprint density at radius 2 is 1.83 bits per heavy atom. The zero-order chi connectivity index (χ0) is 20.7. The van der Waals surface area contributed by atoms with E-state index in [-0.39, 0.29) is 30.2 Å². The van der Waals surface area contributed by atoms with E-state index in [0.717, 1.165) is 32.1 Å². The molecule has 29 heavy (non-hydrogen) atoms. The van der Waals surface area contributed by atoms with Crippen molar-refractivity contribution in [3.63, 3.8) is 0 Å². The SMILES string of the molecule is O=C(CC1(CC(=O)Nc2nccs2)CCCCC1)NCC(O)c1ccc(Cl)cc1. The fourth-order valence-corrected chi connectivity index (χ4v) is 4.59. The van der Waals surface area contributed by atoms with E-state index in [0.29, 0.717) is 22.1 Å². The number of rotatable bonds is 8. The number of carbonyl (C=O) groups is 2. The van der Waals surface area contributed by atoms with E-state index >= 15 is 0 Å². The molecule has 3 N–H and O–H groups in total. The van der Waals surface area contributed by atoms with Crippen LogP contribution in [0.15, 0.2) is 35.8 Å². The van der Waals surface area contributed by atoms with Crippen LogP contribution in [0.4, 0.5) is 5.13 Å². The summed E-state index contributed by atoms with van der Waals surface area (Å²) >= 11 is 7.24. The Morgan fingerprint density at radius 1 is 1.14 bits per heavy atom. The van der Waals surface area contributed by atoms with Crippen molar-refractivity contribution in [1.29, 1.82) is 0 Å². The quantitative estimate of drug-likeness (QED) is 0.576. The first-order valence-corrected chi connectivity index (χ1v) is 11.1. The minimum absolute atomic E-state index is 0.101. The molecule has 0 bridgehead atoms. The maximum atomic E-state index is 12.6. The smallest absolute Gasteiger partial charge is 0.226 e. The van der Waals surface area contributed by atoms with Crippen LogP contribution >= 0.6 is 22.9 Å². The summed E-state index contributed by atoms with van der Waals surface area (Å²) in [5, 5.41) is 18.9. The molecule has 2 amide bonds. The van der Waals surface area contributed by atoms with E-state index in [1.165, 1.54) is 11.3 Å². The van der Waals surface area contributed by atoms with Crippen LogP contribution in [-0.2, 0) is 9.59 Å². The van der Waals surface area contributed by atoms with Gasteiger partial charge in [0.05, 0.1) is 6.10 Å². The second-order valence-corrected chi connectivity index (χ2v) is 9.00. The summed E-state index contributed by atoms with van der Waals surface area (Å²) in [7, 11) is 0. The summed E-state index contributed by atoms with van der Waals surface area (Å²) in [5.41, 5.74) is 0.361. The van der Waals surface area contributed by atoms with Gasteiger partial charge >= 0.3 is 0 Å². The molecule has 1 heterocycles. The van der Waals surface area contributed by atoms with Crippen LogP contribution < -0.4 is 10.6 Å². The molecular formula is C21H26ClN3O3S. The molecule has 0 radical (unpaired) electrons. The van der Waals surface area contributed by atoms with Gasteiger partial charge in [0.15, 0.2) is 5.13 Å². The van der Waals surface area contributed by atoms with Crippen molar-refractivity contribution in [2.45, 2.75) is 51.0 Å². The van der Waals surface area contributed by atoms with Crippen molar-refractivity contribution >= 4 is 39.9 Å². The van der Waals surface area contributed by atoms with Crippen LogP contribution in [0.1, 0.15) is 56.6 Å². The van der Waals surface area contributed by atoms with Gasteiger partial charge in [-0.15, -0.1) is 11.3 Å². The van der Waals surface area contributed by atoms with Gasteiger partial charge in [-0.25, -0.2) is 4.98 Å². The molecule has 0 aliphatic heterocycles. The van der Waals surface area contributed by atoms with E-state index in [1.807, 2.05) is 5.38 Å². The average Bonchev–Trinajstić information content (AvgIpc) is 3.20. The third-order valence-electron chi connectivity index (χ3n) is 5.41. The van der Waals surface area contributed by atoms with Crippen LogP contribution in [0, 0.1) is 5.41 Å². The Morgan fingerprint density at radius 3 is 2.48 bits per heavy atom. The van der Waals surface area contributed by atoms with E-state index in [4.69, 9.17) is 11.6 Å². The first-order chi connectivity index (χ1) is 14.0. The summed E-state index contributed by atoms with van der Waals surface area (Å²) in [4.78, 5) is 29.2. The number of carbonyl (C=O) groups excluding carboxylic acids is 2. The van der Waals surface area contributed by atoms with Gasteiger partial charge in [0.2, 0.25) is 11.8 Å². The van der Waals surface area contributed by atoms with E-state index in [2.05, 4.69) is 15.6 Å². The van der Waals surface area contributed by atoms with E-state index in [9.17, 15) is 14.7 Å². The largest absolute Gasteiger partial charge is 0.387 e. The van der Waals surface area contributed by atoms with Gasteiger partial charge in [0.1, 0.15) is 0 Å². The van der Waals surface area contributed by atoms with Gasteiger partial charge < -0.3 is 15.7 Å². The highest BCUT2D eigenvalue weighted by Crippen LogP contribution is 2.42. The van der Waals surface area contributed by atoms with Crippen molar-refractivity contribution in [2.24, 2.45) is 5.41 Å². The Labute approximate surface area is 179 Å². The normalized spacial score (nSPS) is 16.8. The lowest BCUT2D eigenvalue weighted by Gasteiger charge is -2.36. The number of aliphatic hydroxyl groups excluding tert-OH is 1. The molecule has 1 unspecified atom stereocenters. The summed E-state index contributed by atoms with van der Waals surface area (Å²) in [6, 6.07) is 6.90. The molecule has 2 aromatic rings. The second-order valence-electron chi connectivity index (χ2n) is 7.67. The molecule has 3 rings (SSSR count). The number of thiazole rings is 1. The monoisotopic (exact) mass is 435 g/mol. The number of hydrogen-bond donors (Lipinski definition) is 3. The van der Waals surface area contributed by atoms with Gasteiger partial charge in [-0.3, -0.25) is 9.59 Å². The highest BCUT2D eigenvalue weighted by molar-refractivity contribution is 7.13. The second kappa shape index (κ2) is 10.2. The Hall–Kier alpha value is -1.96. The maximum Gasteiger partial charge on any atom is 0.226 e. The van der Waals surface area contributed by atoms with Gasteiger partial charge in [-0.05, 0) is 36.0 Å². The number of aliphatic hydroxyl groups is 1. The van der Waals surface area contributed by atoms with Crippen LogP contribution in [0.3, 0.4) is 0 Å². The topological polar surface area (TPSA) is 91.3 Å². The van der Waals surface area contributed by atoms with Crippen molar-refractivity contribution in [2.75, 3.05) is 11.9 Å². The van der Waals surface area contributed by atoms with Gasteiger partial charge in [-0.2, -0.15) is 0 Å². The number of halogens is 1. The molecule has 1 saturated carbocycles. The molecule has 1 aromatic carbocycles. The minimum atomic E-state index is -0.799. The molecular weight excluding hydrogens is 410 g/mol. The number of aromatic nitrogens is 1. The molecule has 1 aliphatic rings. The molecule has 1 fully saturated rings. The molecule has 1 atom stereocenters. The van der Waals surface area contributed by atoms with Crippen LogP contribution in [-0.4, -0.2) is 28.4 Å².